The van der Waals surface area contributed by atoms with Crippen LogP contribution < -0.4 is 5.56 Å². The van der Waals surface area contributed by atoms with E-state index in [1.807, 2.05) is 4.57 Å². The van der Waals surface area contributed by atoms with Crippen molar-refractivity contribution in [2.24, 2.45) is 0 Å². The molecule has 1 fully saturated rings. The molecule has 0 radical (unpaired) electrons. The Morgan fingerprint density at radius 1 is 1.31 bits per heavy atom. The van der Waals surface area contributed by atoms with Crippen molar-refractivity contribution in [2.45, 2.75) is 69.7 Å². The highest BCUT2D eigenvalue weighted by molar-refractivity contribution is 7.90. The molecule has 1 aromatic carbocycles. The van der Waals surface area contributed by atoms with Crippen LogP contribution in [0, 0.1) is 0 Å². The van der Waals surface area contributed by atoms with E-state index in [1.165, 1.54) is 11.1 Å². The Morgan fingerprint density at radius 3 is 2.69 bits per heavy atom. The van der Waals surface area contributed by atoms with Gasteiger partial charge in [0.25, 0.3) is 0 Å². The molecular weight excluding hydrogens is 426 g/mol. The Labute approximate surface area is 192 Å². The second-order valence-electron chi connectivity index (χ2n) is 9.33. The zero-order chi connectivity index (χ0) is 23.0. The number of aryl methyl sites for hydroxylation is 1. The number of fused-ring (bicyclic) bond motifs is 1. The number of aromatic nitrogens is 2. The average Bonchev–Trinajstić information content (AvgIpc) is 3.24. The molecule has 0 amide bonds. The Hall–Kier alpha value is -1.87. The van der Waals surface area contributed by atoms with Crippen LogP contribution in [0.4, 0.5) is 0 Å². The van der Waals surface area contributed by atoms with Gasteiger partial charge in [-0.2, -0.15) is 4.98 Å². The van der Waals surface area contributed by atoms with Gasteiger partial charge in [-0.1, -0.05) is 55.2 Å². The maximum absolute atomic E-state index is 12.6. The number of hydrogen-bond acceptors (Lipinski definition) is 6. The Kier molecular flexibility index (Phi) is 6.68. The van der Waals surface area contributed by atoms with E-state index >= 15 is 0 Å². The molecule has 1 aliphatic carbocycles. The molecule has 1 aliphatic heterocycles. The van der Waals surface area contributed by atoms with E-state index in [2.05, 4.69) is 36.2 Å². The smallest absolute Gasteiger partial charge is 0.315 e. The highest BCUT2D eigenvalue weighted by atomic mass is 32.2. The van der Waals surface area contributed by atoms with Crippen LogP contribution in [0.15, 0.2) is 29.1 Å². The first-order valence-electron chi connectivity index (χ1n) is 11.4. The molecule has 3 atom stereocenters. The van der Waals surface area contributed by atoms with Gasteiger partial charge in [-0.25, -0.2) is 0 Å². The van der Waals surface area contributed by atoms with E-state index in [-0.39, 0.29) is 17.2 Å². The number of hydrogen-bond donors (Lipinski definition) is 2. The molecule has 2 N–H and O–H groups in total. The van der Waals surface area contributed by atoms with Gasteiger partial charge in [0.15, 0.2) is 6.23 Å². The number of aliphatic hydroxyl groups is 1. The number of nitrogens with zero attached hydrogens (tertiary/aromatic N) is 3. The third kappa shape index (κ3) is 4.21. The zero-order valence-corrected chi connectivity index (χ0v) is 19.9. The minimum absolute atomic E-state index is 0.125. The maximum atomic E-state index is 12.6. The van der Waals surface area contributed by atoms with Crippen LogP contribution in [0.25, 0.3) is 0 Å². The largest absolute Gasteiger partial charge is 0.617 e. The van der Waals surface area contributed by atoms with Gasteiger partial charge in [0.2, 0.25) is 5.75 Å². The molecule has 4 rings (SSSR count). The Morgan fingerprint density at radius 2 is 2.03 bits per heavy atom. The van der Waals surface area contributed by atoms with E-state index < -0.39 is 28.7 Å². The van der Waals surface area contributed by atoms with Crippen LogP contribution >= 0.6 is 0 Å². The van der Waals surface area contributed by atoms with Crippen molar-refractivity contribution >= 4 is 11.2 Å². The standard InChI is InChI=1S/C24H33N3O4S/c1-4-16-8-7-9-17(12-16)24(10-5-6-11-24)13-19-25-22(29)21(28)20-23(30)26(2)18(14-27(19)20)15-32(3)31/h7-9,12,18,23,28,30H,4-6,10-11,13-15H2,1-3H3/t18-,23?,32?/m1/s1. The quantitative estimate of drug-likeness (QED) is 0.643. The first kappa shape index (κ1) is 23.3. The SMILES string of the molecule is CCc1cccc(C2(Cc3nc(=O)c(O)c4n3C[C@H](C[S+](C)[O-])N(C)C4O)CCCC2)c1. The van der Waals surface area contributed by atoms with Gasteiger partial charge in [-0.05, 0) is 37.4 Å². The molecule has 32 heavy (non-hydrogen) atoms. The van der Waals surface area contributed by atoms with Gasteiger partial charge in [0.05, 0.1) is 12.3 Å². The molecule has 174 valence electrons. The van der Waals surface area contributed by atoms with Crippen LogP contribution in [0.5, 0.6) is 5.75 Å². The number of likely N-dealkylation sites (N-methyl/N-ethyl adjacent to an activating group) is 1. The van der Waals surface area contributed by atoms with E-state index in [0.29, 0.717) is 24.5 Å². The molecule has 7 nitrogen and oxygen atoms in total. The van der Waals surface area contributed by atoms with Crippen molar-refractivity contribution in [1.82, 2.24) is 14.5 Å². The summed E-state index contributed by atoms with van der Waals surface area (Å²) < 4.78 is 13.7. The van der Waals surface area contributed by atoms with Crippen molar-refractivity contribution in [3.05, 3.63) is 57.3 Å². The Bertz CT molecular complexity index is 1030. The van der Waals surface area contributed by atoms with Crippen LogP contribution in [-0.4, -0.2) is 54.3 Å². The second-order valence-corrected chi connectivity index (χ2v) is 10.8. The molecule has 2 heterocycles. The van der Waals surface area contributed by atoms with Crippen LogP contribution in [0.1, 0.15) is 61.5 Å². The minimum Gasteiger partial charge on any atom is -0.617 e. The lowest BCUT2D eigenvalue weighted by atomic mass is 9.75. The van der Waals surface area contributed by atoms with E-state index in [0.717, 1.165) is 32.1 Å². The van der Waals surface area contributed by atoms with E-state index in [4.69, 9.17) is 0 Å². The van der Waals surface area contributed by atoms with Gasteiger partial charge in [-0.3, -0.25) is 9.69 Å². The lowest BCUT2D eigenvalue weighted by molar-refractivity contribution is -0.0339. The fourth-order valence-electron chi connectivity index (χ4n) is 5.42. The number of benzene rings is 1. The molecule has 0 bridgehead atoms. The van der Waals surface area contributed by atoms with Gasteiger partial charge in [0.1, 0.15) is 17.3 Å². The number of rotatable bonds is 6. The van der Waals surface area contributed by atoms with Crippen molar-refractivity contribution in [3.63, 3.8) is 0 Å². The summed E-state index contributed by atoms with van der Waals surface area (Å²) in [4.78, 5) is 18.5. The molecule has 2 aliphatic rings. The third-order valence-electron chi connectivity index (χ3n) is 7.31. The number of aromatic hydroxyl groups is 1. The molecule has 2 unspecified atom stereocenters. The molecule has 0 spiro atoms. The summed E-state index contributed by atoms with van der Waals surface area (Å²) in [6, 6.07) is 8.50. The highest BCUT2D eigenvalue weighted by Gasteiger charge is 2.41. The molecule has 0 saturated heterocycles. The zero-order valence-electron chi connectivity index (χ0n) is 19.1. The maximum Gasteiger partial charge on any atom is 0.315 e. The summed E-state index contributed by atoms with van der Waals surface area (Å²) in [5, 5.41) is 21.4. The van der Waals surface area contributed by atoms with Crippen LogP contribution in [0.2, 0.25) is 0 Å². The first-order valence-corrected chi connectivity index (χ1v) is 13.1. The third-order valence-corrected chi connectivity index (χ3v) is 8.16. The lowest BCUT2D eigenvalue weighted by Crippen LogP contribution is -2.49. The molecular formula is C24H33N3O4S. The summed E-state index contributed by atoms with van der Waals surface area (Å²) in [7, 11) is 1.73. The highest BCUT2D eigenvalue weighted by Crippen LogP contribution is 2.44. The number of aliphatic hydroxyl groups excluding tert-OH is 1. The average molecular weight is 460 g/mol. The summed E-state index contributed by atoms with van der Waals surface area (Å²) in [5.74, 6) is 0.478. The van der Waals surface area contributed by atoms with Crippen molar-refractivity contribution in [3.8, 4) is 5.75 Å². The second kappa shape index (κ2) is 9.17. The Balaban J connectivity index is 1.80. The molecule has 2 aromatic rings. The van der Waals surface area contributed by atoms with Gasteiger partial charge < -0.3 is 19.3 Å². The minimum atomic E-state index is -1.16. The summed E-state index contributed by atoms with van der Waals surface area (Å²) >= 11 is -1.05. The van der Waals surface area contributed by atoms with Crippen LogP contribution in [-0.2, 0) is 36.0 Å². The predicted octanol–water partition coefficient (Wildman–Crippen LogP) is 2.25. The summed E-state index contributed by atoms with van der Waals surface area (Å²) in [5.41, 5.74) is 1.92. The predicted molar refractivity (Wildman–Crippen MR) is 125 cm³/mol. The van der Waals surface area contributed by atoms with Crippen molar-refractivity contribution in [2.75, 3.05) is 19.1 Å². The van der Waals surface area contributed by atoms with Crippen LogP contribution in [0.3, 0.4) is 0 Å². The molecule has 1 saturated carbocycles. The van der Waals surface area contributed by atoms with Crippen molar-refractivity contribution < 1.29 is 14.8 Å². The normalized spacial score (nSPS) is 23.8. The van der Waals surface area contributed by atoms with E-state index in [9.17, 15) is 19.6 Å². The fraction of sp³-hybridized carbons (Fsp3) is 0.583. The van der Waals surface area contributed by atoms with E-state index in [1.54, 1.807) is 18.2 Å². The summed E-state index contributed by atoms with van der Waals surface area (Å²) in [6.45, 7) is 2.57. The first-order chi connectivity index (χ1) is 15.3. The molecule has 8 heteroatoms. The van der Waals surface area contributed by atoms with Gasteiger partial charge in [-0.15, -0.1) is 0 Å². The molecule has 1 aromatic heterocycles. The van der Waals surface area contributed by atoms with Gasteiger partial charge in [0, 0.05) is 18.4 Å². The fourth-order valence-corrected chi connectivity index (χ4v) is 6.31. The lowest BCUT2D eigenvalue weighted by Gasteiger charge is -2.40. The van der Waals surface area contributed by atoms with Gasteiger partial charge >= 0.3 is 5.56 Å². The monoisotopic (exact) mass is 459 g/mol. The summed E-state index contributed by atoms with van der Waals surface area (Å²) in [6.07, 6.45) is 6.28. The topological polar surface area (TPSA) is 102 Å². The van der Waals surface area contributed by atoms with Crippen molar-refractivity contribution in [1.29, 1.82) is 0 Å².